The molecule has 0 aromatic heterocycles. The molecular weight excluding hydrogens is 392 g/mol. The van der Waals surface area contributed by atoms with E-state index in [1.165, 1.54) is 24.3 Å². The van der Waals surface area contributed by atoms with Gasteiger partial charge in [0, 0.05) is 6.54 Å². The monoisotopic (exact) mass is 420 g/mol. The number of rotatable bonds is 10. The molecule has 2 rings (SSSR count). The van der Waals surface area contributed by atoms with Crippen LogP contribution in [0.4, 0.5) is 5.69 Å². The highest BCUT2D eigenvalue weighted by Gasteiger charge is 2.18. The summed E-state index contributed by atoms with van der Waals surface area (Å²) in [6.07, 6.45) is -0.688. The Morgan fingerprint density at radius 3 is 2.31 bits per heavy atom. The lowest BCUT2D eigenvalue weighted by atomic mass is 10.2. The van der Waals surface area contributed by atoms with E-state index < -0.39 is 16.1 Å². The first-order valence-corrected chi connectivity index (χ1v) is 11.0. The summed E-state index contributed by atoms with van der Waals surface area (Å²) in [7, 11) is -3.80. The van der Waals surface area contributed by atoms with Gasteiger partial charge >= 0.3 is 0 Å². The average molecular weight is 421 g/mol. The number of hydrogen-bond donors (Lipinski definition) is 2. The van der Waals surface area contributed by atoms with Crippen LogP contribution in [0.15, 0.2) is 53.4 Å². The summed E-state index contributed by atoms with van der Waals surface area (Å²) < 4.78 is 38.9. The van der Waals surface area contributed by atoms with Crippen LogP contribution >= 0.6 is 0 Å². The van der Waals surface area contributed by atoms with Gasteiger partial charge in [0.15, 0.2) is 6.10 Å². The molecule has 2 aromatic carbocycles. The molecule has 0 aliphatic heterocycles. The van der Waals surface area contributed by atoms with Gasteiger partial charge in [-0.25, -0.2) is 8.42 Å². The second-order valence-electron chi connectivity index (χ2n) is 6.91. The second-order valence-corrected chi connectivity index (χ2v) is 8.59. The Kier molecular flexibility index (Phi) is 7.90. The predicted molar refractivity (Wildman–Crippen MR) is 113 cm³/mol. The molecule has 0 saturated heterocycles. The number of carbonyl (C=O) groups is 1. The number of para-hydroxylation sites is 2. The van der Waals surface area contributed by atoms with E-state index in [2.05, 4.69) is 10.0 Å². The second kappa shape index (κ2) is 10.2. The number of anilines is 1. The van der Waals surface area contributed by atoms with Gasteiger partial charge in [0.2, 0.25) is 0 Å². The summed E-state index contributed by atoms with van der Waals surface area (Å²) in [5, 5.41) is 2.80. The van der Waals surface area contributed by atoms with Crippen molar-refractivity contribution >= 4 is 21.6 Å². The fourth-order valence-electron chi connectivity index (χ4n) is 2.44. The predicted octanol–water partition coefficient (Wildman–Crippen LogP) is 3.43. The average Bonchev–Trinajstić information content (AvgIpc) is 2.68. The third kappa shape index (κ3) is 6.67. The van der Waals surface area contributed by atoms with Crippen molar-refractivity contribution in [2.45, 2.75) is 38.7 Å². The maximum Gasteiger partial charge on any atom is 0.262 e. The number of amides is 1. The lowest BCUT2D eigenvalue weighted by Crippen LogP contribution is -2.38. The Morgan fingerprint density at radius 1 is 1.03 bits per heavy atom. The molecule has 0 unspecified atom stereocenters. The Balaban J connectivity index is 2.06. The smallest absolute Gasteiger partial charge is 0.262 e. The summed E-state index contributed by atoms with van der Waals surface area (Å²) in [6, 6.07) is 12.7. The Bertz CT molecular complexity index is 911. The third-order valence-corrected chi connectivity index (χ3v) is 5.31. The molecule has 2 aromatic rings. The molecule has 1 amide bonds. The minimum absolute atomic E-state index is 0.0769. The maximum absolute atomic E-state index is 12.7. The summed E-state index contributed by atoms with van der Waals surface area (Å²) in [5.74, 6) is 0.992. The molecule has 158 valence electrons. The van der Waals surface area contributed by atoms with Gasteiger partial charge in [-0.3, -0.25) is 9.52 Å². The molecule has 0 aliphatic carbocycles. The van der Waals surface area contributed by atoms with Crippen LogP contribution in [0.1, 0.15) is 27.7 Å². The first-order valence-electron chi connectivity index (χ1n) is 9.52. The molecule has 8 heteroatoms. The lowest BCUT2D eigenvalue weighted by molar-refractivity contribution is -0.127. The molecule has 0 spiro atoms. The van der Waals surface area contributed by atoms with E-state index in [1.807, 2.05) is 20.8 Å². The zero-order valence-corrected chi connectivity index (χ0v) is 18.0. The normalized spacial score (nSPS) is 12.3. The van der Waals surface area contributed by atoms with Gasteiger partial charge in [-0.15, -0.1) is 0 Å². The van der Waals surface area contributed by atoms with E-state index in [-0.39, 0.29) is 10.8 Å². The van der Waals surface area contributed by atoms with Crippen LogP contribution in [0.3, 0.4) is 0 Å². The van der Waals surface area contributed by atoms with Gasteiger partial charge in [0.05, 0.1) is 17.2 Å². The van der Waals surface area contributed by atoms with Gasteiger partial charge in [0.1, 0.15) is 11.5 Å². The van der Waals surface area contributed by atoms with Gasteiger partial charge < -0.3 is 14.8 Å². The number of carbonyl (C=O) groups excluding carboxylic acids is 1. The van der Waals surface area contributed by atoms with Crippen molar-refractivity contribution in [1.82, 2.24) is 5.32 Å². The molecule has 29 heavy (non-hydrogen) atoms. The Morgan fingerprint density at radius 2 is 1.69 bits per heavy atom. The molecular formula is C21H28N2O5S. The van der Waals surface area contributed by atoms with Crippen LogP contribution in [0.5, 0.6) is 11.5 Å². The van der Waals surface area contributed by atoms with E-state index in [0.29, 0.717) is 36.3 Å². The molecule has 2 N–H and O–H groups in total. The summed E-state index contributed by atoms with van der Waals surface area (Å²) in [6.45, 7) is 8.48. The minimum atomic E-state index is -3.80. The van der Waals surface area contributed by atoms with E-state index in [9.17, 15) is 13.2 Å². The minimum Gasteiger partial charge on any atom is -0.492 e. The first-order chi connectivity index (χ1) is 13.7. The quantitative estimate of drug-likeness (QED) is 0.614. The van der Waals surface area contributed by atoms with Gasteiger partial charge in [0.25, 0.3) is 15.9 Å². The van der Waals surface area contributed by atoms with Crippen LogP contribution in [-0.2, 0) is 14.8 Å². The van der Waals surface area contributed by atoms with Gasteiger partial charge in [-0.05, 0) is 56.2 Å². The molecule has 0 bridgehead atoms. The largest absolute Gasteiger partial charge is 0.492 e. The zero-order chi connectivity index (χ0) is 21.4. The number of hydrogen-bond acceptors (Lipinski definition) is 5. The van der Waals surface area contributed by atoms with E-state index in [1.54, 1.807) is 31.2 Å². The Labute approximate surface area is 172 Å². The molecule has 0 fully saturated rings. The number of benzene rings is 2. The highest BCUT2D eigenvalue weighted by Crippen LogP contribution is 2.27. The highest BCUT2D eigenvalue weighted by molar-refractivity contribution is 7.92. The molecule has 7 nitrogen and oxygen atoms in total. The molecule has 0 heterocycles. The van der Waals surface area contributed by atoms with Crippen LogP contribution < -0.4 is 19.5 Å². The van der Waals surface area contributed by atoms with Crippen molar-refractivity contribution in [2.24, 2.45) is 5.92 Å². The SMILES string of the molecule is CCOc1ccccc1NS(=O)(=O)c1ccc(O[C@@H](C)C(=O)NCC(C)C)cc1. The summed E-state index contributed by atoms with van der Waals surface area (Å²) in [5.41, 5.74) is 0.366. The first kappa shape index (κ1) is 22.5. The van der Waals surface area contributed by atoms with Crippen molar-refractivity contribution in [3.05, 3.63) is 48.5 Å². The fourth-order valence-corrected chi connectivity index (χ4v) is 3.51. The van der Waals surface area contributed by atoms with Crippen molar-refractivity contribution in [3.8, 4) is 11.5 Å². The molecule has 0 aliphatic rings. The Hall–Kier alpha value is -2.74. The summed E-state index contributed by atoms with van der Waals surface area (Å²) in [4.78, 5) is 12.1. The standard InChI is InChI=1S/C21H28N2O5S/c1-5-27-20-9-7-6-8-19(20)23-29(25,26)18-12-10-17(11-13-18)28-16(4)21(24)22-14-15(2)3/h6-13,15-16,23H,5,14H2,1-4H3,(H,22,24)/t16-/m0/s1. The zero-order valence-electron chi connectivity index (χ0n) is 17.1. The number of sulfonamides is 1. The molecule has 1 atom stereocenters. The van der Waals surface area contributed by atoms with Crippen LogP contribution in [0.25, 0.3) is 0 Å². The number of nitrogens with one attached hydrogen (secondary N) is 2. The van der Waals surface area contributed by atoms with E-state index in [4.69, 9.17) is 9.47 Å². The van der Waals surface area contributed by atoms with Gasteiger partial charge in [-0.2, -0.15) is 0 Å². The highest BCUT2D eigenvalue weighted by atomic mass is 32.2. The fraction of sp³-hybridized carbons (Fsp3) is 0.381. The van der Waals surface area contributed by atoms with Crippen LogP contribution in [0, 0.1) is 5.92 Å². The van der Waals surface area contributed by atoms with Gasteiger partial charge in [-0.1, -0.05) is 26.0 Å². The maximum atomic E-state index is 12.7. The number of ether oxygens (including phenoxy) is 2. The molecule has 0 radical (unpaired) electrons. The third-order valence-electron chi connectivity index (χ3n) is 3.93. The lowest BCUT2D eigenvalue weighted by Gasteiger charge is -2.16. The van der Waals surface area contributed by atoms with Crippen LogP contribution in [-0.4, -0.2) is 33.6 Å². The topological polar surface area (TPSA) is 93.7 Å². The van der Waals surface area contributed by atoms with E-state index >= 15 is 0 Å². The molecule has 0 saturated carbocycles. The summed E-state index contributed by atoms with van der Waals surface area (Å²) >= 11 is 0. The van der Waals surface area contributed by atoms with Crippen molar-refractivity contribution < 1.29 is 22.7 Å². The van der Waals surface area contributed by atoms with Crippen molar-refractivity contribution in [1.29, 1.82) is 0 Å². The van der Waals surface area contributed by atoms with Crippen molar-refractivity contribution in [2.75, 3.05) is 17.9 Å². The van der Waals surface area contributed by atoms with Crippen molar-refractivity contribution in [3.63, 3.8) is 0 Å². The van der Waals surface area contributed by atoms with E-state index in [0.717, 1.165) is 0 Å². The van der Waals surface area contributed by atoms with Crippen LogP contribution in [0.2, 0.25) is 0 Å².